The average molecular weight is 266 g/mol. The Kier molecular flexibility index (Phi) is 12.4. The highest BCUT2D eigenvalue weighted by atomic mass is 16.4. The van der Waals surface area contributed by atoms with E-state index in [1.54, 1.807) is 0 Å². The van der Waals surface area contributed by atoms with E-state index in [-0.39, 0.29) is 5.92 Å². The number of carbonyl (C=O) groups is 1. The van der Waals surface area contributed by atoms with Gasteiger partial charge in [0.05, 0.1) is 37.8 Å². The Morgan fingerprint density at radius 3 is 1.44 bits per heavy atom. The molecule has 0 aliphatic rings. The van der Waals surface area contributed by atoms with E-state index in [4.69, 9.17) is 25.5 Å². The lowest BCUT2D eigenvalue weighted by Crippen LogP contribution is -2.37. The van der Waals surface area contributed by atoms with Gasteiger partial charge >= 0.3 is 5.97 Å². The Labute approximate surface area is 108 Å². The van der Waals surface area contributed by atoms with Crippen molar-refractivity contribution >= 4 is 5.97 Å². The molecule has 0 heterocycles. The molecule has 0 spiro atoms. The van der Waals surface area contributed by atoms with E-state index in [1.807, 2.05) is 13.8 Å². The van der Waals surface area contributed by atoms with Crippen LogP contribution in [0.3, 0.4) is 0 Å². The van der Waals surface area contributed by atoms with E-state index in [0.717, 1.165) is 19.3 Å². The smallest absolute Gasteiger partial charge is 0.306 e. The molecule has 0 amide bonds. The van der Waals surface area contributed by atoms with Gasteiger partial charge < -0.3 is 25.5 Å². The van der Waals surface area contributed by atoms with Crippen LogP contribution in [-0.2, 0) is 4.79 Å². The number of aliphatic hydroxyl groups is 4. The highest BCUT2D eigenvalue weighted by Gasteiger charge is 2.26. The molecule has 110 valence electrons. The number of carboxylic acid groups (broad SMARTS) is 1. The summed E-state index contributed by atoms with van der Waals surface area (Å²) in [5.41, 5.74) is -1.11. The monoisotopic (exact) mass is 266 g/mol. The molecule has 6 nitrogen and oxygen atoms in total. The fourth-order valence-electron chi connectivity index (χ4n) is 1.15. The zero-order chi connectivity index (χ0) is 14.6. The highest BCUT2D eigenvalue weighted by molar-refractivity contribution is 5.69. The number of carboxylic acids is 1. The van der Waals surface area contributed by atoms with Crippen LogP contribution in [0.4, 0.5) is 0 Å². The molecule has 6 heteroatoms. The first-order valence-electron chi connectivity index (χ1n) is 6.13. The zero-order valence-electron chi connectivity index (χ0n) is 11.2. The van der Waals surface area contributed by atoms with Crippen molar-refractivity contribution in [2.24, 2.45) is 11.3 Å². The van der Waals surface area contributed by atoms with Gasteiger partial charge in [-0.15, -0.1) is 0 Å². The third-order valence-electron chi connectivity index (χ3n) is 2.82. The fourth-order valence-corrected chi connectivity index (χ4v) is 1.15. The van der Waals surface area contributed by atoms with Gasteiger partial charge in [-0.25, -0.2) is 0 Å². The molecule has 0 bridgehead atoms. The maximum absolute atomic E-state index is 10.3. The third-order valence-corrected chi connectivity index (χ3v) is 2.82. The highest BCUT2D eigenvalue weighted by Crippen LogP contribution is 2.12. The van der Waals surface area contributed by atoms with Crippen molar-refractivity contribution in [2.45, 2.75) is 33.1 Å². The molecule has 0 rings (SSSR count). The number of hydrogen-bond donors (Lipinski definition) is 5. The first-order valence-corrected chi connectivity index (χ1v) is 6.13. The van der Waals surface area contributed by atoms with Crippen molar-refractivity contribution < 1.29 is 30.3 Å². The topological polar surface area (TPSA) is 118 Å². The van der Waals surface area contributed by atoms with Gasteiger partial charge in [0.15, 0.2) is 0 Å². The molecule has 0 aromatic rings. The Morgan fingerprint density at radius 2 is 1.39 bits per heavy atom. The van der Waals surface area contributed by atoms with Crippen LogP contribution in [0.15, 0.2) is 0 Å². The number of rotatable bonds is 8. The summed E-state index contributed by atoms with van der Waals surface area (Å²) in [4.78, 5) is 10.3. The van der Waals surface area contributed by atoms with Crippen LogP contribution in [0.5, 0.6) is 0 Å². The predicted octanol–water partition coefficient (Wildman–Crippen LogP) is -0.161. The van der Waals surface area contributed by atoms with Crippen molar-refractivity contribution in [3.8, 4) is 0 Å². The van der Waals surface area contributed by atoms with Gasteiger partial charge in [0.2, 0.25) is 0 Å². The maximum Gasteiger partial charge on any atom is 0.306 e. The Bertz CT molecular complexity index is 185. The third kappa shape index (κ3) is 7.60. The normalized spacial score (nSPS) is 12.6. The van der Waals surface area contributed by atoms with E-state index >= 15 is 0 Å². The molecule has 0 radical (unpaired) electrons. The molecule has 0 fully saturated rings. The van der Waals surface area contributed by atoms with Crippen LogP contribution in [0.25, 0.3) is 0 Å². The van der Waals surface area contributed by atoms with Crippen LogP contribution in [0.2, 0.25) is 0 Å². The minimum Gasteiger partial charge on any atom is -0.481 e. The second-order valence-corrected chi connectivity index (χ2v) is 4.36. The first-order chi connectivity index (χ1) is 8.46. The van der Waals surface area contributed by atoms with Gasteiger partial charge in [0.25, 0.3) is 0 Å². The zero-order valence-corrected chi connectivity index (χ0v) is 11.2. The predicted molar refractivity (Wildman–Crippen MR) is 67.1 cm³/mol. The molecule has 0 aromatic carbocycles. The summed E-state index contributed by atoms with van der Waals surface area (Å²) in [5, 5.41) is 42.5. The van der Waals surface area contributed by atoms with Crippen LogP contribution in [-0.4, -0.2) is 57.9 Å². The lowest BCUT2D eigenvalue weighted by molar-refractivity contribution is -0.142. The van der Waals surface area contributed by atoms with Gasteiger partial charge in [-0.1, -0.05) is 20.3 Å². The van der Waals surface area contributed by atoms with Crippen molar-refractivity contribution in [2.75, 3.05) is 26.4 Å². The standard InChI is InChI=1S/C7H14O2.C5H12O4/c1-3-5-6(4-2)7(8)9;6-1-5(2-7,3-8)4-9/h6H,3-5H2,1-2H3,(H,8,9);6-9H,1-4H2. The Morgan fingerprint density at radius 1 is 1.00 bits per heavy atom. The fraction of sp³-hybridized carbons (Fsp3) is 0.917. The van der Waals surface area contributed by atoms with E-state index in [1.165, 1.54) is 0 Å². The van der Waals surface area contributed by atoms with Crippen LogP contribution in [0, 0.1) is 11.3 Å². The number of aliphatic hydroxyl groups excluding tert-OH is 4. The van der Waals surface area contributed by atoms with Gasteiger partial charge in [-0.05, 0) is 12.8 Å². The number of aliphatic carboxylic acids is 1. The SMILES string of the molecule is CCCC(CC)C(=O)O.OCC(CO)(CO)CO. The Hall–Kier alpha value is -0.690. The van der Waals surface area contributed by atoms with Crippen molar-refractivity contribution in [3.05, 3.63) is 0 Å². The van der Waals surface area contributed by atoms with Crippen molar-refractivity contribution in [3.63, 3.8) is 0 Å². The largest absolute Gasteiger partial charge is 0.481 e. The van der Waals surface area contributed by atoms with Crippen molar-refractivity contribution in [1.82, 2.24) is 0 Å². The van der Waals surface area contributed by atoms with Gasteiger partial charge in [0.1, 0.15) is 0 Å². The molecule has 1 unspecified atom stereocenters. The van der Waals surface area contributed by atoms with Crippen molar-refractivity contribution in [1.29, 1.82) is 0 Å². The molecular formula is C12H26O6. The second kappa shape index (κ2) is 11.4. The van der Waals surface area contributed by atoms with Crippen LogP contribution in [0.1, 0.15) is 33.1 Å². The van der Waals surface area contributed by atoms with Crippen LogP contribution >= 0.6 is 0 Å². The van der Waals surface area contributed by atoms with Crippen LogP contribution < -0.4 is 0 Å². The molecule has 18 heavy (non-hydrogen) atoms. The summed E-state index contributed by atoms with van der Waals surface area (Å²) < 4.78 is 0. The molecule has 0 saturated heterocycles. The molecule has 1 atom stereocenters. The molecular weight excluding hydrogens is 240 g/mol. The quantitative estimate of drug-likeness (QED) is 0.416. The number of hydrogen-bond acceptors (Lipinski definition) is 5. The van der Waals surface area contributed by atoms with Gasteiger partial charge in [-0.3, -0.25) is 4.79 Å². The lowest BCUT2D eigenvalue weighted by Gasteiger charge is -2.23. The summed E-state index contributed by atoms with van der Waals surface area (Å²) in [7, 11) is 0. The summed E-state index contributed by atoms with van der Waals surface area (Å²) >= 11 is 0. The molecule has 0 aliphatic heterocycles. The van der Waals surface area contributed by atoms with E-state index < -0.39 is 37.8 Å². The summed E-state index contributed by atoms with van der Waals surface area (Å²) in [6.45, 7) is 2.29. The van der Waals surface area contributed by atoms with E-state index in [0.29, 0.717) is 0 Å². The molecule has 0 aromatic heterocycles. The van der Waals surface area contributed by atoms with E-state index in [9.17, 15) is 4.79 Å². The molecule has 0 aliphatic carbocycles. The van der Waals surface area contributed by atoms with Gasteiger partial charge in [0, 0.05) is 0 Å². The maximum atomic E-state index is 10.3. The summed E-state index contributed by atoms with van der Waals surface area (Å²) in [6.07, 6.45) is 2.53. The second-order valence-electron chi connectivity index (χ2n) is 4.36. The average Bonchev–Trinajstić information content (AvgIpc) is 2.39. The summed E-state index contributed by atoms with van der Waals surface area (Å²) in [5.74, 6) is -0.769. The minimum atomic E-state index is -1.11. The molecule has 5 N–H and O–H groups in total. The molecule has 0 saturated carbocycles. The minimum absolute atomic E-state index is 0.116. The lowest BCUT2D eigenvalue weighted by atomic mass is 9.93. The summed E-state index contributed by atoms with van der Waals surface area (Å²) in [6, 6.07) is 0. The first kappa shape index (κ1) is 19.6. The van der Waals surface area contributed by atoms with Gasteiger partial charge in [-0.2, -0.15) is 0 Å². The van der Waals surface area contributed by atoms with E-state index in [2.05, 4.69) is 0 Å². The Balaban J connectivity index is 0.